The van der Waals surface area contributed by atoms with Crippen LogP contribution in [0.5, 0.6) is 0 Å². The zero-order chi connectivity index (χ0) is 53.5. The molecule has 2 heterocycles. The van der Waals surface area contributed by atoms with E-state index in [0.717, 1.165) is 60.8 Å². The van der Waals surface area contributed by atoms with Gasteiger partial charge in [-0.25, -0.2) is 9.98 Å². The summed E-state index contributed by atoms with van der Waals surface area (Å²) in [5.74, 6) is -4.03. The zero-order valence-corrected chi connectivity index (χ0v) is 44.7. The quantitative estimate of drug-likeness (QED) is 0.0961. The Kier molecular flexibility index (Phi) is 17.9. The Balaban J connectivity index is 0.000000216. The molecule has 0 aromatic heterocycles. The van der Waals surface area contributed by atoms with E-state index in [1.165, 1.54) is 9.80 Å². The summed E-state index contributed by atoms with van der Waals surface area (Å²) >= 11 is 12.2. The van der Waals surface area contributed by atoms with Gasteiger partial charge in [0, 0.05) is 46.4 Å². The van der Waals surface area contributed by atoms with Crippen LogP contribution < -0.4 is 26.2 Å². The summed E-state index contributed by atoms with van der Waals surface area (Å²) in [6.07, 6.45) is 5.86. The summed E-state index contributed by atoms with van der Waals surface area (Å²) in [6.45, 7) is 8.01. The van der Waals surface area contributed by atoms with Gasteiger partial charge >= 0.3 is 5.97 Å². The van der Waals surface area contributed by atoms with Crippen molar-refractivity contribution in [2.24, 2.45) is 50.2 Å². The number of amides is 5. The van der Waals surface area contributed by atoms with Gasteiger partial charge in [-0.2, -0.15) is 0 Å². The molecule has 8 rings (SSSR count). The molecule has 74 heavy (non-hydrogen) atoms. The average molecular weight is 1050 g/mol. The lowest BCUT2D eigenvalue weighted by Gasteiger charge is -2.41. The van der Waals surface area contributed by atoms with E-state index < -0.39 is 52.8 Å². The molecule has 16 heteroatoms. The van der Waals surface area contributed by atoms with Crippen LogP contribution in [0.2, 0.25) is 10.0 Å². The van der Waals surface area contributed by atoms with Gasteiger partial charge in [0.15, 0.2) is 0 Å². The summed E-state index contributed by atoms with van der Waals surface area (Å²) in [5.41, 5.74) is 9.47. The molecule has 5 N–H and O–H groups in total. The fourth-order valence-electron chi connectivity index (χ4n) is 11.3. The second-order valence-electron chi connectivity index (χ2n) is 21.1. The molecule has 4 aromatic rings. The number of hydrogen-bond acceptors (Lipinski definition) is 8. The van der Waals surface area contributed by atoms with Crippen LogP contribution in [0.3, 0.4) is 0 Å². The molecule has 4 aromatic carbocycles. The molecule has 0 saturated heterocycles. The van der Waals surface area contributed by atoms with Crippen molar-refractivity contribution in [2.45, 2.75) is 117 Å². The number of para-hydroxylation sites is 2. The SMILES string of the molecule is CC(C)CC(C(=O)NC1N=C(c2ccc(Cl)cc2)c2ccccc2N(C)C1=O)C1(C(=O)O)CCCCC1.CC(C)CC(C(=O)NC1N=C(c2ccc(Cl)cc2)c2ccccc2N(C)C1=O)C1(C(N)=O)CCCCC1. The number of nitrogens with one attached hydrogen (secondary N) is 2. The summed E-state index contributed by atoms with van der Waals surface area (Å²) in [6, 6.07) is 29.4. The maximum Gasteiger partial charge on any atom is 0.310 e. The number of primary amides is 1. The predicted molar refractivity (Wildman–Crippen MR) is 292 cm³/mol. The van der Waals surface area contributed by atoms with Crippen LogP contribution in [-0.4, -0.2) is 78.5 Å². The highest BCUT2D eigenvalue weighted by Crippen LogP contribution is 2.47. The molecule has 2 aliphatic heterocycles. The molecule has 0 radical (unpaired) electrons. The second-order valence-corrected chi connectivity index (χ2v) is 22.0. The first-order chi connectivity index (χ1) is 35.3. The number of benzene rings is 4. The number of fused-ring (bicyclic) bond motifs is 2. The number of carboxylic acid groups (broad SMARTS) is 1. The molecular weight excluding hydrogens is 978 g/mol. The van der Waals surface area contributed by atoms with Gasteiger partial charge in [0.2, 0.25) is 30.1 Å². The first-order valence-electron chi connectivity index (χ1n) is 25.8. The number of carbonyl (C=O) groups excluding carboxylic acids is 5. The molecule has 2 fully saturated rings. The number of benzodiazepines with no additional fused rings is 2. The minimum Gasteiger partial charge on any atom is -0.481 e. The van der Waals surface area contributed by atoms with Gasteiger partial charge in [-0.1, -0.05) is 150 Å². The predicted octanol–water partition coefficient (Wildman–Crippen LogP) is 9.99. The molecule has 0 bridgehead atoms. The van der Waals surface area contributed by atoms with E-state index in [1.54, 1.807) is 38.4 Å². The van der Waals surface area contributed by atoms with Crippen molar-refractivity contribution in [1.82, 2.24) is 10.6 Å². The summed E-state index contributed by atoms with van der Waals surface area (Å²) in [4.78, 5) is 92.9. The number of likely N-dealkylation sites (N-methyl/N-ethyl adjacent to an activating group) is 2. The van der Waals surface area contributed by atoms with Crippen molar-refractivity contribution >= 4 is 81.5 Å². The molecule has 0 spiro atoms. The van der Waals surface area contributed by atoms with Crippen LogP contribution in [0, 0.1) is 34.5 Å². The molecule has 14 nitrogen and oxygen atoms in total. The van der Waals surface area contributed by atoms with Crippen LogP contribution >= 0.6 is 23.2 Å². The standard InChI is InChI=1S/C29H35ClN4O3.C29H34ClN3O4/c1-18(2)17-22(29(28(31)37)15-7-4-8-16-29)26(35)33-25-27(36)34(3)23-10-6-5-9-21(23)24(32-25)19-11-13-20(30)14-12-19;1-18(2)17-22(29(28(36)37)15-7-4-8-16-29)26(34)32-25-27(35)33(3)23-10-6-5-9-21(23)24(31-25)19-11-13-20(30)14-12-19/h5-6,9-14,18,22,25H,4,7-8,15-17H2,1-3H3,(H2,31,37)(H,33,35);5-6,9-14,18,22,25H,4,7-8,15-17H2,1-3H3,(H,32,34)(H,36,37). The van der Waals surface area contributed by atoms with Crippen molar-refractivity contribution in [3.8, 4) is 0 Å². The van der Waals surface area contributed by atoms with E-state index in [0.29, 0.717) is 71.4 Å². The van der Waals surface area contributed by atoms with Crippen LogP contribution in [0.1, 0.15) is 127 Å². The smallest absolute Gasteiger partial charge is 0.310 e. The highest BCUT2D eigenvalue weighted by molar-refractivity contribution is 6.31. The Labute approximate surface area is 444 Å². The van der Waals surface area contributed by atoms with Crippen LogP contribution in [0.4, 0.5) is 11.4 Å². The van der Waals surface area contributed by atoms with Crippen molar-refractivity contribution < 1.29 is 33.9 Å². The number of anilines is 2. The molecule has 2 aliphatic carbocycles. The Morgan fingerprint density at radius 3 is 1.30 bits per heavy atom. The Hall–Kier alpha value is -6.38. The Morgan fingerprint density at radius 2 is 0.946 bits per heavy atom. The third-order valence-corrected chi connectivity index (χ3v) is 15.8. The lowest BCUT2D eigenvalue weighted by atomic mass is 9.63. The van der Waals surface area contributed by atoms with Gasteiger partial charge in [-0.15, -0.1) is 0 Å². The number of rotatable bonds is 14. The van der Waals surface area contributed by atoms with Crippen molar-refractivity contribution in [2.75, 3.05) is 23.9 Å². The van der Waals surface area contributed by atoms with Crippen molar-refractivity contribution in [3.05, 3.63) is 129 Å². The maximum absolute atomic E-state index is 13.9. The highest BCUT2D eigenvalue weighted by atomic mass is 35.5. The van der Waals surface area contributed by atoms with Gasteiger partial charge in [0.1, 0.15) is 0 Å². The van der Waals surface area contributed by atoms with Crippen LogP contribution in [0.25, 0.3) is 0 Å². The van der Waals surface area contributed by atoms with E-state index in [9.17, 15) is 33.9 Å². The molecule has 392 valence electrons. The van der Waals surface area contributed by atoms with E-state index in [2.05, 4.69) is 10.6 Å². The minimum absolute atomic E-state index is 0.110. The molecule has 2 saturated carbocycles. The Morgan fingerprint density at radius 1 is 0.595 bits per heavy atom. The molecule has 4 atom stereocenters. The van der Waals surface area contributed by atoms with Gasteiger partial charge in [0.25, 0.3) is 11.8 Å². The zero-order valence-electron chi connectivity index (χ0n) is 43.2. The van der Waals surface area contributed by atoms with Gasteiger partial charge in [-0.3, -0.25) is 28.8 Å². The number of nitrogens with two attached hydrogens (primary N) is 1. The van der Waals surface area contributed by atoms with E-state index in [4.69, 9.17) is 38.9 Å². The normalized spacial score (nSPS) is 20.0. The number of hydrogen-bond donors (Lipinski definition) is 4. The number of carboxylic acids is 1. The lowest BCUT2D eigenvalue weighted by molar-refractivity contribution is -0.160. The number of aliphatic carboxylic acids is 1. The van der Waals surface area contributed by atoms with E-state index in [1.807, 2.05) is 100 Å². The highest BCUT2D eigenvalue weighted by Gasteiger charge is 2.51. The van der Waals surface area contributed by atoms with Crippen molar-refractivity contribution in [1.29, 1.82) is 0 Å². The monoisotopic (exact) mass is 1050 g/mol. The third-order valence-electron chi connectivity index (χ3n) is 15.3. The minimum atomic E-state index is -1.19. The average Bonchev–Trinajstić information content (AvgIpc) is 3.56. The fourth-order valence-corrected chi connectivity index (χ4v) is 11.6. The second kappa shape index (κ2) is 23.9. The van der Waals surface area contributed by atoms with Crippen LogP contribution in [0.15, 0.2) is 107 Å². The lowest BCUT2D eigenvalue weighted by Crippen LogP contribution is -2.54. The molecule has 5 amide bonds. The fraction of sp³-hybridized carbons (Fsp3) is 0.448. The first kappa shape index (κ1) is 55.4. The summed E-state index contributed by atoms with van der Waals surface area (Å²) in [5, 5.41) is 17.2. The van der Waals surface area contributed by atoms with Gasteiger partial charge in [-0.05, 0) is 86.8 Å². The van der Waals surface area contributed by atoms with Gasteiger partial charge in [0.05, 0.1) is 45.5 Å². The molecular formula is C58H69Cl2N7O7. The van der Waals surface area contributed by atoms with E-state index >= 15 is 0 Å². The molecule has 4 aliphatic rings. The summed E-state index contributed by atoms with van der Waals surface area (Å²) < 4.78 is 0. The molecule has 4 unspecified atom stereocenters. The van der Waals surface area contributed by atoms with Crippen molar-refractivity contribution in [3.63, 3.8) is 0 Å². The van der Waals surface area contributed by atoms with E-state index in [-0.39, 0.29) is 29.6 Å². The number of halogens is 2. The number of aliphatic imine (C=N–C) groups is 2. The first-order valence-corrected chi connectivity index (χ1v) is 26.6. The number of carbonyl (C=O) groups is 6. The third kappa shape index (κ3) is 11.9. The summed E-state index contributed by atoms with van der Waals surface area (Å²) in [7, 11) is 3.34. The number of nitrogens with zero attached hydrogens (tertiary/aromatic N) is 4. The van der Waals surface area contributed by atoms with Crippen LogP contribution in [-0.2, 0) is 28.8 Å². The maximum atomic E-state index is 13.9. The van der Waals surface area contributed by atoms with Gasteiger partial charge < -0.3 is 31.3 Å². The largest absolute Gasteiger partial charge is 0.481 e. The Bertz CT molecular complexity index is 2590. The topological polar surface area (TPSA) is 204 Å².